The number of rotatable bonds is 1. The summed E-state index contributed by atoms with van der Waals surface area (Å²) in [6, 6.07) is 0.0497. The van der Waals surface area contributed by atoms with Crippen LogP contribution < -0.4 is 5.73 Å². The van der Waals surface area contributed by atoms with Gasteiger partial charge in [-0.25, -0.2) is 0 Å². The number of hydrogen-bond acceptors (Lipinski definition) is 2. The van der Waals surface area contributed by atoms with Gasteiger partial charge in [0.25, 0.3) is 0 Å². The van der Waals surface area contributed by atoms with E-state index >= 15 is 0 Å². The van der Waals surface area contributed by atoms with Crippen LogP contribution in [0.5, 0.6) is 0 Å². The molecule has 1 saturated heterocycles. The SMILES string of the molecule is N[C@@H]1CC[C@@H]2CN(C(=O)CC(F)(F)F)C[C@H]21. The zero-order valence-corrected chi connectivity index (χ0v) is 8.83. The fourth-order valence-electron chi connectivity index (χ4n) is 2.79. The largest absolute Gasteiger partial charge is 0.397 e. The van der Waals surface area contributed by atoms with Gasteiger partial charge in [-0.3, -0.25) is 4.79 Å². The number of fused-ring (bicyclic) bond motifs is 1. The van der Waals surface area contributed by atoms with Gasteiger partial charge in [-0.1, -0.05) is 0 Å². The Bertz CT molecular complexity index is 292. The van der Waals surface area contributed by atoms with Gasteiger partial charge in [0.15, 0.2) is 0 Å². The van der Waals surface area contributed by atoms with E-state index in [4.69, 9.17) is 5.73 Å². The van der Waals surface area contributed by atoms with Crippen LogP contribution in [0, 0.1) is 11.8 Å². The molecule has 0 aromatic rings. The monoisotopic (exact) mass is 236 g/mol. The summed E-state index contributed by atoms with van der Waals surface area (Å²) in [5.41, 5.74) is 5.85. The lowest BCUT2D eigenvalue weighted by Crippen LogP contribution is -2.35. The Hall–Kier alpha value is -0.780. The van der Waals surface area contributed by atoms with E-state index in [0.29, 0.717) is 19.0 Å². The molecule has 3 nitrogen and oxygen atoms in total. The Labute approximate surface area is 91.8 Å². The maximum Gasteiger partial charge on any atom is 0.397 e. The van der Waals surface area contributed by atoms with E-state index in [1.54, 1.807) is 0 Å². The molecule has 2 aliphatic rings. The summed E-state index contributed by atoms with van der Waals surface area (Å²) in [4.78, 5) is 12.7. The van der Waals surface area contributed by atoms with Crippen molar-refractivity contribution >= 4 is 5.91 Å². The summed E-state index contributed by atoms with van der Waals surface area (Å²) in [7, 11) is 0. The molecule has 0 aromatic carbocycles. The average molecular weight is 236 g/mol. The molecule has 92 valence electrons. The molecule has 2 rings (SSSR count). The smallest absolute Gasteiger partial charge is 0.342 e. The first-order valence-corrected chi connectivity index (χ1v) is 5.47. The molecule has 0 bridgehead atoms. The molecule has 0 unspecified atom stereocenters. The second-order valence-electron chi connectivity index (χ2n) is 4.76. The van der Waals surface area contributed by atoms with Gasteiger partial charge in [-0.05, 0) is 24.7 Å². The third-order valence-corrected chi connectivity index (χ3v) is 3.62. The third-order valence-electron chi connectivity index (χ3n) is 3.62. The fourth-order valence-corrected chi connectivity index (χ4v) is 2.79. The highest BCUT2D eigenvalue weighted by atomic mass is 19.4. The number of carbonyl (C=O) groups is 1. The number of alkyl halides is 3. The number of carbonyl (C=O) groups excluding carboxylic acids is 1. The minimum absolute atomic E-state index is 0.0497. The summed E-state index contributed by atoms with van der Waals surface area (Å²) < 4.78 is 36.2. The number of hydrogen-bond donors (Lipinski definition) is 1. The van der Waals surface area contributed by atoms with Crippen molar-refractivity contribution in [2.45, 2.75) is 31.5 Å². The predicted octanol–water partition coefficient (Wildman–Crippen LogP) is 1.13. The van der Waals surface area contributed by atoms with E-state index < -0.39 is 18.5 Å². The van der Waals surface area contributed by atoms with Gasteiger partial charge in [0.1, 0.15) is 6.42 Å². The number of nitrogens with two attached hydrogens (primary N) is 1. The summed E-state index contributed by atoms with van der Waals surface area (Å²) in [6.45, 7) is 0.855. The summed E-state index contributed by atoms with van der Waals surface area (Å²) >= 11 is 0. The molecule has 0 aromatic heterocycles. The number of nitrogens with zero attached hydrogens (tertiary/aromatic N) is 1. The highest BCUT2D eigenvalue weighted by Gasteiger charge is 2.44. The minimum Gasteiger partial charge on any atom is -0.342 e. The van der Waals surface area contributed by atoms with Gasteiger partial charge in [0, 0.05) is 19.1 Å². The van der Waals surface area contributed by atoms with Crippen LogP contribution in [0.1, 0.15) is 19.3 Å². The van der Waals surface area contributed by atoms with Crippen molar-refractivity contribution in [2.75, 3.05) is 13.1 Å². The van der Waals surface area contributed by atoms with Gasteiger partial charge >= 0.3 is 6.18 Å². The normalized spacial score (nSPS) is 34.2. The van der Waals surface area contributed by atoms with Crippen LogP contribution in [0.15, 0.2) is 0 Å². The van der Waals surface area contributed by atoms with E-state index in [1.165, 1.54) is 4.90 Å². The molecular weight excluding hydrogens is 221 g/mol. The quantitative estimate of drug-likeness (QED) is 0.742. The van der Waals surface area contributed by atoms with Gasteiger partial charge in [0.2, 0.25) is 5.91 Å². The predicted molar refractivity (Wildman–Crippen MR) is 51.4 cm³/mol. The Morgan fingerprint density at radius 1 is 1.31 bits per heavy atom. The van der Waals surface area contributed by atoms with Gasteiger partial charge < -0.3 is 10.6 Å². The maximum absolute atomic E-state index is 12.1. The Morgan fingerprint density at radius 3 is 2.56 bits per heavy atom. The molecule has 2 N–H and O–H groups in total. The molecule has 6 heteroatoms. The highest BCUT2D eigenvalue weighted by Crippen LogP contribution is 2.37. The van der Waals surface area contributed by atoms with Crippen LogP contribution in [0.25, 0.3) is 0 Å². The maximum atomic E-state index is 12.1. The van der Waals surface area contributed by atoms with Crippen LogP contribution in [-0.4, -0.2) is 36.1 Å². The molecule has 1 aliphatic heterocycles. The first kappa shape index (κ1) is 11.7. The lowest BCUT2D eigenvalue weighted by Gasteiger charge is -2.19. The summed E-state index contributed by atoms with van der Waals surface area (Å²) in [6.07, 6.45) is -3.89. The minimum atomic E-state index is -4.41. The molecule has 1 amide bonds. The Kier molecular flexibility index (Phi) is 2.86. The standard InChI is InChI=1S/C10H15F3N2O/c11-10(12,13)3-9(16)15-4-6-1-2-8(14)7(6)5-15/h6-8H,1-5,14H2/t6-,7-,8-/m1/s1. The van der Waals surface area contributed by atoms with Crippen LogP contribution >= 0.6 is 0 Å². The molecule has 1 aliphatic carbocycles. The average Bonchev–Trinajstić information content (AvgIpc) is 2.65. The van der Waals surface area contributed by atoms with Gasteiger partial charge in [-0.15, -0.1) is 0 Å². The molecule has 0 radical (unpaired) electrons. The van der Waals surface area contributed by atoms with Crippen LogP contribution in [0.4, 0.5) is 13.2 Å². The van der Waals surface area contributed by atoms with Crippen LogP contribution in [-0.2, 0) is 4.79 Å². The Balaban J connectivity index is 1.92. The van der Waals surface area contributed by atoms with E-state index in [-0.39, 0.29) is 12.0 Å². The highest BCUT2D eigenvalue weighted by molar-refractivity contribution is 5.77. The number of amides is 1. The van der Waals surface area contributed by atoms with Crippen molar-refractivity contribution < 1.29 is 18.0 Å². The van der Waals surface area contributed by atoms with Crippen molar-refractivity contribution in [3.63, 3.8) is 0 Å². The fraction of sp³-hybridized carbons (Fsp3) is 0.900. The van der Waals surface area contributed by atoms with Crippen molar-refractivity contribution in [2.24, 2.45) is 17.6 Å². The van der Waals surface area contributed by atoms with Crippen molar-refractivity contribution in [3.05, 3.63) is 0 Å². The van der Waals surface area contributed by atoms with E-state index in [1.807, 2.05) is 0 Å². The number of likely N-dealkylation sites (tertiary alicyclic amines) is 1. The van der Waals surface area contributed by atoms with E-state index in [2.05, 4.69) is 0 Å². The third kappa shape index (κ3) is 2.31. The second kappa shape index (κ2) is 3.91. The molecule has 0 spiro atoms. The van der Waals surface area contributed by atoms with Crippen molar-refractivity contribution in [3.8, 4) is 0 Å². The first-order valence-electron chi connectivity index (χ1n) is 5.47. The topological polar surface area (TPSA) is 46.3 Å². The number of halogens is 3. The zero-order valence-electron chi connectivity index (χ0n) is 8.83. The van der Waals surface area contributed by atoms with E-state index in [9.17, 15) is 18.0 Å². The van der Waals surface area contributed by atoms with E-state index in [0.717, 1.165) is 12.8 Å². The molecule has 1 heterocycles. The molecular formula is C10H15F3N2O. The lowest BCUT2D eigenvalue weighted by atomic mass is 9.98. The molecule has 1 saturated carbocycles. The molecule has 16 heavy (non-hydrogen) atoms. The summed E-state index contributed by atoms with van der Waals surface area (Å²) in [5, 5.41) is 0. The zero-order chi connectivity index (χ0) is 11.9. The van der Waals surface area contributed by atoms with Gasteiger partial charge in [-0.2, -0.15) is 13.2 Å². The molecule has 2 fully saturated rings. The van der Waals surface area contributed by atoms with Crippen LogP contribution in [0.3, 0.4) is 0 Å². The Morgan fingerprint density at radius 2 is 2.00 bits per heavy atom. The summed E-state index contributed by atoms with van der Waals surface area (Å²) in [5.74, 6) is -0.293. The van der Waals surface area contributed by atoms with Crippen molar-refractivity contribution in [1.29, 1.82) is 0 Å². The van der Waals surface area contributed by atoms with Crippen molar-refractivity contribution in [1.82, 2.24) is 4.90 Å². The van der Waals surface area contributed by atoms with Gasteiger partial charge in [0.05, 0.1) is 0 Å². The first-order chi connectivity index (χ1) is 7.37. The lowest BCUT2D eigenvalue weighted by molar-refractivity contribution is -0.160. The molecule has 3 atom stereocenters. The second-order valence-corrected chi connectivity index (χ2v) is 4.76. The van der Waals surface area contributed by atoms with Crippen LogP contribution in [0.2, 0.25) is 0 Å².